The minimum absolute atomic E-state index is 0.182. The smallest absolute Gasteiger partial charge is 0.303 e. The molecule has 4 aliphatic carbocycles. The van der Waals surface area contributed by atoms with Crippen molar-refractivity contribution < 1.29 is 19.0 Å². The molecule has 4 fully saturated rings. The first-order valence-corrected chi connectivity index (χ1v) is 16.7. The topological polar surface area (TPSA) is 44.8 Å². The zero-order valence-electron chi connectivity index (χ0n) is 26.1. The second-order valence-corrected chi connectivity index (χ2v) is 15.4. The third-order valence-corrected chi connectivity index (χ3v) is 12.7. The maximum Gasteiger partial charge on any atom is 0.303 e. The molecule has 0 amide bonds. The molecule has 5 aliphatic rings. The lowest BCUT2D eigenvalue weighted by molar-refractivity contribution is -0.212. The van der Waals surface area contributed by atoms with Crippen molar-refractivity contribution in [1.29, 1.82) is 0 Å². The number of hydrogen-bond acceptors (Lipinski definition) is 4. The van der Waals surface area contributed by atoms with E-state index in [9.17, 15) is 4.79 Å². The molecule has 5 rings (SSSR count). The van der Waals surface area contributed by atoms with Crippen molar-refractivity contribution in [3.8, 4) is 0 Å². The number of hydrogen-bond donors (Lipinski definition) is 0. The summed E-state index contributed by atoms with van der Waals surface area (Å²) in [5, 5.41) is 0. The molecule has 0 radical (unpaired) electrons. The van der Waals surface area contributed by atoms with Gasteiger partial charge in [-0.15, -0.1) is 0 Å². The normalized spacial score (nSPS) is 46.3. The fraction of sp³-hybridized carbons (Fsp3) is 0.914. The lowest BCUT2D eigenvalue weighted by Gasteiger charge is -2.61. The fourth-order valence-corrected chi connectivity index (χ4v) is 10.7. The van der Waals surface area contributed by atoms with Crippen LogP contribution in [0, 0.1) is 52.3 Å². The Morgan fingerprint density at radius 3 is 2.41 bits per heavy atom. The molecule has 0 aromatic carbocycles. The van der Waals surface area contributed by atoms with Gasteiger partial charge in [-0.1, -0.05) is 53.9 Å². The standard InChI is InChI=1S/C35H58O4/c1-22(2)9-8-10-23(3)29-13-14-30-28-12-11-26-21-27(17-19-34(26,6)31(28)18-20-35(29,30)7)39-33-16-15-32(24(4)37-33)38-25(5)36/h15-16,22-24,26-33H,8-14,17-21H2,1-7H3/t23-,24+,26+,27+,28+,29-,30+,31+,32-,33+,34+,35-/m1/s1. The highest BCUT2D eigenvalue weighted by Crippen LogP contribution is 2.68. The lowest BCUT2D eigenvalue weighted by Crippen LogP contribution is -2.54. The van der Waals surface area contributed by atoms with Crippen LogP contribution in [0.4, 0.5) is 0 Å². The van der Waals surface area contributed by atoms with Crippen molar-refractivity contribution in [2.45, 2.75) is 150 Å². The summed E-state index contributed by atoms with van der Waals surface area (Å²) in [6.45, 7) is 16.1. The van der Waals surface area contributed by atoms with Crippen LogP contribution in [0.15, 0.2) is 12.2 Å². The Bertz CT molecular complexity index is 882. The van der Waals surface area contributed by atoms with Gasteiger partial charge in [-0.25, -0.2) is 0 Å². The minimum Gasteiger partial charge on any atom is -0.456 e. The van der Waals surface area contributed by atoms with Crippen molar-refractivity contribution in [3.63, 3.8) is 0 Å². The Kier molecular flexibility index (Phi) is 8.95. The number of esters is 1. The van der Waals surface area contributed by atoms with Crippen LogP contribution in [0.2, 0.25) is 0 Å². The first-order chi connectivity index (χ1) is 18.5. The van der Waals surface area contributed by atoms with Crippen LogP contribution >= 0.6 is 0 Å². The van der Waals surface area contributed by atoms with E-state index in [0.717, 1.165) is 47.8 Å². The molecule has 0 unspecified atom stereocenters. The van der Waals surface area contributed by atoms with Crippen molar-refractivity contribution >= 4 is 5.97 Å². The molecule has 39 heavy (non-hydrogen) atoms. The van der Waals surface area contributed by atoms with Crippen LogP contribution in [-0.4, -0.2) is 30.6 Å². The molecule has 0 N–H and O–H groups in total. The van der Waals surface area contributed by atoms with E-state index in [0.29, 0.717) is 10.8 Å². The van der Waals surface area contributed by atoms with E-state index < -0.39 is 0 Å². The molecule has 0 spiro atoms. The maximum absolute atomic E-state index is 11.4. The van der Waals surface area contributed by atoms with E-state index >= 15 is 0 Å². The average Bonchev–Trinajstić information content (AvgIpc) is 3.23. The molecule has 1 aliphatic heterocycles. The number of fused-ring (bicyclic) bond motifs is 5. The SMILES string of the molecule is CC(=O)O[C@@H]1C=C[C@H](O[C@H]2CC[C@@]3(C)[C@@H](CC[C@@H]4[C@@H]3CC[C@]3(C)[C@@H]([C@H](C)CCCC(C)C)CC[C@@H]43)C2)O[C@H]1C. The minimum atomic E-state index is -0.328. The number of carbonyl (C=O) groups is 1. The van der Waals surface area contributed by atoms with Gasteiger partial charge in [0.05, 0.1) is 12.2 Å². The van der Waals surface area contributed by atoms with Crippen molar-refractivity contribution in [1.82, 2.24) is 0 Å². The number of rotatable bonds is 8. The fourth-order valence-electron chi connectivity index (χ4n) is 10.7. The summed E-state index contributed by atoms with van der Waals surface area (Å²) in [6, 6.07) is 0. The van der Waals surface area contributed by atoms with Gasteiger partial charge in [0, 0.05) is 6.92 Å². The summed E-state index contributed by atoms with van der Waals surface area (Å²) in [7, 11) is 0. The Morgan fingerprint density at radius 2 is 1.69 bits per heavy atom. The summed E-state index contributed by atoms with van der Waals surface area (Å²) in [5.41, 5.74) is 1.05. The van der Waals surface area contributed by atoms with Crippen LogP contribution in [0.3, 0.4) is 0 Å². The third-order valence-electron chi connectivity index (χ3n) is 12.7. The largest absolute Gasteiger partial charge is 0.456 e. The van der Waals surface area contributed by atoms with E-state index in [4.69, 9.17) is 14.2 Å². The summed E-state index contributed by atoms with van der Waals surface area (Å²) in [6.07, 6.45) is 19.9. The highest BCUT2D eigenvalue weighted by molar-refractivity contribution is 5.66. The second-order valence-electron chi connectivity index (χ2n) is 15.4. The Labute approximate surface area is 239 Å². The predicted molar refractivity (Wildman–Crippen MR) is 157 cm³/mol. The summed E-state index contributed by atoms with van der Waals surface area (Å²) < 4.78 is 17.9. The van der Waals surface area contributed by atoms with Crippen LogP contribution in [-0.2, 0) is 19.0 Å². The van der Waals surface area contributed by atoms with Crippen LogP contribution in [0.1, 0.15) is 126 Å². The van der Waals surface area contributed by atoms with Gasteiger partial charge >= 0.3 is 5.97 Å². The van der Waals surface area contributed by atoms with Crippen LogP contribution in [0.5, 0.6) is 0 Å². The molecular formula is C35H58O4. The van der Waals surface area contributed by atoms with Gasteiger partial charge in [-0.3, -0.25) is 4.79 Å². The Morgan fingerprint density at radius 1 is 0.949 bits per heavy atom. The summed E-state index contributed by atoms with van der Waals surface area (Å²) in [4.78, 5) is 11.4. The Hall–Kier alpha value is -0.870. The van der Waals surface area contributed by atoms with Crippen LogP contribution < -0.4 is 0 Å². The monoisotopic (exact) mass is 542 g/mol. The molecule has 0 saturated heterocycles. The highest BCUT2D eigenvalue weighted by atomic mass is 16.7. The van der Waals surface area contributed by atoms with Gasteiger partial charge < -0.3 is 14.2 Å². The molecule has 0 bridgehead atoms. The first-order valence-electron chi connectivity index (χ1n) is 16.7. The molecule has 1 heterocycles. The third kappa shape index (κ3) is 5.90. The van der Waals surface area contributed by atoms with Gasteiger partial charge in [0.25, 0.3) is 0 Å². The zero-order valence-corrected chi connectivity index (χ0v) is 26.1. The first kappa shape index (κ1) is 29.6. The predicted octanol–water partition coefficient (Wildman–Crippen LogP) is 8.73. The van der Waals surface area contributed by atoms with Crippen molar-refractivity contribution in [2.24, 2.45) is 52.3 Å². The molecule has 4 heteroatoms. The summed E-state index contributed by atoms with van der Waals surface area (Å²) >= 11 is 0. The molecule has 4 saturated carbocycles. The van der Waals surface area contributed by atoms with E-state index in [1.165, 1.54) is 77.6 Å². The number of ether oxygens (including phenoxy) is 3. The van der Waals surface area contributed by atoms with Gasteiger partial charge in [0.2, 0.25) is 0 Å². The van der Waals surface area contributed by atoms with Crippen molar-refractivity contribution in [2.75, 3.05) is 0 Å². The molecule has 0 aromatic heterocycles. The van der Waals surface area contributed by atoms with Gasteiger partial charge in [0.15, 0.2) is 6.29 Å². The lowest BCUT2D eigenvalue weighted by atomic mass is 9.44. The quantitative estimate of drug-likeness (QED) is 0.227. The molecule has 4 nitrogen and oxygen atoms in total. The highest BCUT2D eigenvalue weighted by Gasteiger charge is 2.60. The second kappa shape index (κ2) is 11.8. The Balaban J connectivity index is 1.18. The van der Waals surface area contributed by atoms with E-state index in [1.54, 1.807) is 0 Å². The molecular weight excluding hydrogens is 484 g/mol. The number of carbonyl (C=O) groups excluding carboxylic acids is 1. The van der Waals surface area contributed by atoms with E-state index in [1.807, 2.05) is 19.1 Å². The van der Waals surface area contributed by atoms with Gasteiger partial charge in [0.1, 0.15) is 6.10 Å². The zero-order chi connectivity index (χ0) is 27.9. The molecule has 0 aromatic rings. The van der Waals surface area contributed by atoms with E-state index in [-0.39, 0.29) is 30.6 Å². The molecule has 222 valence electrons. The average molecular weight is 543 g/mol. The van der Waals surface area contributed by atoms with Gasteiger partial charge in [-0.05, 0) is 129 Å². The summed E-state index contributed by atoms with van der Waals surface area (Å²) in [5.74, 6) is 5.97. The molecule has 12 atom stereocenters. The van der Waals surface area contributed by atoms with Crippen molar-refractivity contribution in [3.05, 3.63) is 12.2 Å². The van der Waals surface area contributed by atoms with Gasteiger partial charge in [-0.2, -0.15) is 0 Å². The van der Waals surface area contributed by atoms with Crippen LogP contribution in [0.25, 0.3) is 0 Å². The maximum atomic E-state index is 11.4. The van der Waals surface area contributed by atoms with E-state index in [2.05, 4.69) is 34.6 Å².